The third kappa shape index (κ3) is 20.8. The average Bonchev–Trinajstić information content (AvgIpc) is 2.82. The van der Waals surface area contributed by atoms with Gasteiger partial charge in [0.05, 0.1) is 19.5 Å². The molecule has 0 aliphatic rings. The number of hydrogen-bond donors (Lipinski definition) is 1. The van der Waals surface area contributed by atoms with E-state index in [1.54, 1.807) is 0 Å². The zero-order valence-corrected chi connectivity index (χ0v) is 30.3. The molecule has 0 spiro atoms. The Bertz CT molecular complexity index is 1020. The van der Waals surface area contributed by atoms with Gasteiger partial charge in [0.15, 0.2) is 0 Å². The Hall–Kier alpha value is -1.63. The molecular formula is C38H65FOSi. The molecule has 3 heteroatoms. The van der Waals surface area contributed by atoms with Gasteiger partial charge in [-0.05, 0) is 123 Å². The van der Waals surface area contributed by atoms with E-state index in [0.717, 1.165) is 75.0 Å². The molecule has 1 nitrogen and oxygen atoms in total. The smallest absolute Gasteiger partial charge is 0.0991 e. The number of rotatable bonds is 17. The summed E-state index contributed by atoms with van der Waals surface area (Å²) < 4.78 is 14.8. The van der Waals surface area contributed by atoms with Crippen molar-refractivity contribution >= 4 is 8.07 Å². The quantitative estimate of drug-likeness (QED) is 0.102. The molecule has 41 heavy (non-hydrogen) atoms. The average molecular weight is 585 g/mol. The van der Waals surface area contributed by atoms with Gasteiger partial charge in [0.1, 0.15) is 0 Å². The van der Waals surface area contributed by atoms with Gasteiger partial charge in [-0.2, -0.15) is 0 Å². The topological polar surface area (TPSA) is 20.2 Å². The monoisotopic (exact) mass is 584 g/mol. The molecule has 0 amide bonds. The zero-order valence-electron chi connectivity index (χ0n) is 29.3. The van der Waals surface area contributed by atoms with Crippen molar-refractivity contribution in [3.8, 4) is 11.8 Å². The minimum absolute atomic E-state index is 0.0532. The van der Waals surface area contributed by atoms with Gasteiger partial charge in [0.2, 0.25) is 0 Å². The first-order valence-electron chi connectivity index (χ1n) is 15.9. The predicted octanol–water partition coefficient (Wildman–Crippen LogP) is 12.4. The van der Waals surface area contributed by atoms with Crippen molar-refractivity contribution in [3.05, 3.63) is 57.5 Å². The molecule has 0 saturated carbocycles. The first kappa shape index (κ1) is 39.4. The number of aliphatic hydroxyl groups is 1. The third-order valence-corrected chi connectivity index (χ3v) is 8.91. The van der Waals surface area contributed by atoms with E-state index in [4.69, 9.17) is 0 Å². The molecule has 0 heterocycles. The second-order valence-electron chi connectivity index (χ2n) is 15.1. The van der Waals surface area contributed by atoms with E-state index in [1.165, 1.54) is 22.3 Å². The maximum absolute atomic E-state index is 14.8. The number of hydrogen-bond acceptors (Lipinski definition) is 1. The molecule has 0 saturated heterocycles. The lowest BCUT2D eigenvalue weighted by molar-refractivity contribution is 0.114. The molecule has 1 N–H and O–H groups in total. The van der Waals surface area contributed by atoms with Crippen molar-refractivity contribution in [1.29, 1.82) is 0 Å². The fraction of sp³-hybridized carbons (Fsp3) is 0.684. The van der Waals surface area contributed by atoms with Crippen molar-refractivity contribution < 1.29 is 9.50 Å². The van der Waals surface area contributed by atoms with Crippen LogP contribution in [0.5, 0.6) is 0 Å². The van der Waals surface area contributed by atoms with Crippen molar-refractivity contribution in [2.24, 2.45) is 5.41 Å². The summed E-state index contributed by atoms with van der Waals surface area (Å²) in [6, 6.07) is 1.07. The summed E-state index contributed by atoms with van der Waals surface area (Å²) in [5.41, 5.74) is 6.69. The molecule has 0 unspecified atom stereocenters. The van der Waals surface area contributed by atoms with Gasteiger partial charge in [0, 0.05) is 18.9 Å². The van der Waals surface area contributed by atoms with Crippen LogP contribution in [0, 0.1) is 17.3 Å². The Morgan fingerprint density at radius 3 is 1.76 bits per heavy atom. The van der Waals surface area contributed by atoms with Gasteiger partial charge in [-0.25, -0.2) is 4.39 Å². The van der Waals surface area contributed by atoms with Crippen LogP contribution < -0.4 is 0 Å². The van der Waals surface area contributed by atoms with Gasteiger partial charge in [-0.1, -0.05) is 74.0 Å². The van der Waals surface area contributed by atoms with Crippen molar-refractivity contribution in [2.75, 3.05) is 0 Å². The molecule has 234 valence electrons. The molecule has 0 bridgehead atoms. The summed E-state index contributed by atoms with van der Waals surface area (Å²) in [5.74, 6) is 6.87. The van der Waals surface area contributed by atoms with Crippen molar-refractivity contribution in [1.82, 2.24) is 0 Å². The van der Waals surface area contributed by atoms with Crippen LogP contribution in [0.25, 0.3) is 0 Å². The molecule has 0 aromatic heterocycles. The standard InChI is InChI=1S/C38H65FOSi/c1-30(2)35(38(9,10)40)25-23-32(4)19-16-18-31(3)20-17-21-36(39)34(6)24-22-33(5)26-28-37(7,8)27-14-15-29-41(11,12)13/h19-20,26,40H,16-18,21-25,27-29H2,1-13H3/b31-20+,32-19+,33-26-,36-34-. The molecular weight excluding hydrogens is 520 g/mol. The largest absolute Gasteiger partial charge is 0.386 e. The normalized spacial score (nSPS) is 14.5. The van der Waals surface area contributed by atoms with Crippen LogP contribution in [-0.4, -0.2) is 18.8 Å². The highest BCUT2D eigenvalue weighted by atomic mass is 28.3. The summed E-state index contributed by atoms with van der Waals surface area (Å²) in [5, 5.41) is 10.4. The van der Waals surface area contributed by atoms with E-state index in [9.17, 15) is 9.50 Å². The van der Waals surface area contributed by atoms with Crippen molar-refractivity contribution in [2.45, 2.75) is 165 Å². The molecule has 0 atom stereocenters. The highest BCUT2D eigenvalue weighted by molar-refractivity contribution is 6.76. The van der Waals surface area contributed by atoms with E-state index in [0.29, 0.717) is 6.42 Å². The first-order chi connectivity index (χ1) is 18.7. The summed E-state index contributed by atoms with van der Waals surface area (Å²) in [6.45, 7) is 28.0. The summed E-state index contributed by atoms with van der Waals surface area (Å²) in [6.07, 6.45) is 15.6. The van der Waals surface area contributed by atoms with Crippen LogP contribution in [0.4, 0.5) is 4.39 Å². The fourth-order valence-corrected chi connectivity index (χ4v) is 5.33. The Labute approximate surface area is 256 Å². The highest BCUT2D eigenvalue weighted by Gasteiger charge is 2.20. The summed E-state index contributed by atoms with van der Waals surface area (Å²) in [4.78, 5) is 0. The molecule has 0 aliphatic carbocycles. The van der Waals surface area contributed by atoms with Gasteiger partial charge in [-0.3, -0.25) is 0 Å². The third-order valence-electron chi connectivity index (χ3n) is 7.67. The Morgan fingerprint density at radius 2 is 1.22 bits per heavy atom. The molecule has 0 aliphatic heterocycles. The fourth-order valence-electron chi connectivity index (χ4n) is 4.67. The Kier molecular flexibility index (Phi) is 18.1. The second-order valence-corrected chi connectivity index (χ2v) is 20.6. The lowest BCUT2D eigenvalue weighted by Gasteiger charge is -2.24. The maximum Gasteiger partial charge on any atom is 0.0991 e. The maximum atomic E-state index is 14.8. The zero-order chi connectivity index (χ0) is 31.9. The van der Waals surface area contributed by atoms with Crippen molar-refractivity contribution in [3.63, 3.8) is 0 Å². The molecule has 0 aromatic rings. The lowest BCUT2D eigenvalue weighted by atomic mass is 9.85. The molecule has 0 fully saturated rings. The summed E-state index contributed by atoms with van der Waals surface area (Å²) in [7, 11) is -1.09. The van der Waals surface area contributed by atoms with Crippen LogP contribution >= 0.6 is 0 Å². The Balaban J connectivity index is 4.60. The molecule has 0 aromatic carbocycles. The molecule has 0 radical (unpaired) electrons. The van der Waals surface area contributed by atoms with Crippen LogP contribution in [0.1, 0.15) is 133 Å². The predicted molar refractivity (Wildman–Crippen MR) is 186 cm³/mol. The second kappa shape index (κ2) is 18.8. The lowest BCUT2D eigenvalue weighted by Crippen LogP contribution is -2.23. The van der Waals surface area contributed by atoms with Crippen LogP contribution in [0.3, 0.4) is 0 Å². The summed E-state index contributed by atoms with van der Waals surface area (Å²) >= 11 is 0. The number of halogens is 1. The van der Waals surface area contributed by atoms with Crippen LogP contribution in [0.2, 0.25) is 25.7 Å². The van der Waals surface area contributed by atoms with Gasteiger partial charge in [0.25, 0.3) is 0 Å². The first-order valence-corrected chi connectivity index (χ1v) is 19.6. The van der Waals surface area contributed by atoms with Crippen LogP contribution in [-0.2, 0) is 0 Å². The SMILES string of the molecule is CC(C)=C(CC/C(C)=C/CC/C(C)=C/CC/C(F)=C(\C)CC/C(C)=C\CC(C)(C)CC#CC[Si](C)(C)C)C(C)(C)O. The van der Waals surface area contributed by atoms with Gasteiger partial charge < -0.3 is 5.11 Å². The van der Waals surface area contributed by atoms with E-state index >= 15 is 0 Å². The van der Waals surface area contributed by atoms with Gasteiger partial charge >= 0.3 is 0 Å². The minimum Gasteiger partial charge on any atom is -0.386 e. The van der Waals surface area contributed by atoms with Gasteiger partial charge in [-0.15, -0.1) is 11.8 Å². The van der Waals surface area contributed by atoms with E-state index in [-0.39, 0.29) is 11.2 Å². The Morgan fingerprint density at radius 1 is 0.707 bits per heavy atom. The number of allylic oxidation sites excluding steroid dienone is 9. The molecule has 0 rings (SSSR count). The van der Waals surface area contributed by atoms with Crippen LogP contribution in [0.15, 0.2) is 57.5 Å². The van der Waals surface area contributed by atoms with E-state index in [2.05, 4.69) is 98.2 Å². The van der Waals surface area contributed by atoms with E-state index in [1.807, 2.05) is 20.8 Å². The minimum atomic E-state index is -1.09. The van der Waals surface area contributed by atoms with E-state index < -0.39 is 13.7 Å². The highest BCUT2D eigenvalue weighted by Crippen LogP contribution is 2.28.